The van der Waals surface area contributed by atoms with Crippen LogP contribution in [0.3, 0.4) is 0 Å². The number of urea groups is 1. The summed E-state index contributed by atoms with van der Waals surface area (Å²) in [5.74, 6) is 2.18. The molecule has 1 unspecified atom stereocenters. The summed E-state index contributed by atoms with van der Waals surface area (Å²) in [5.41, 5.74) is 5.23. The number of methoxy groups -OCH3 is 2. The average molecular weight is 482 g/mol. The highest BCUT2D eigenvalue weighted by molar-refractivity contribution is 7.88. The van der Waals surface area contributed by atoms with Crippen molar-refractivity contribution in [2.24, 2.45) is 0 Å². The maximum atomic E-state index is 12.7. The van der Waals surface area contributed by atoms with E-state index < -0.39 is 10.8 Å². The van der Waals surface area contributed by atoms with Crippen LogP contribution >= 0.6 is 0 Å². The fourth-order valence-corrected chi connectivity index (χ4v) is 6.72. The number of anilines is 1. The van der Waals surface area contributed by atoms with Gasteiger partial charge in [0.05, 0.1) is 19.0 Å². The molecule has 0 aromatic heterocycles. The van der Waals surface area contributed by atoms with Crippen molar-refractivity contribution >= 4 is 28.1 Å². The molecule has 7 nitrogen and oxygen atoms in total. The number of hydrogen-bond acceptors (Lipinski definition) is 5. The van der Waals surface area contributed by atoms with Crippen LogP contribution in [0.15, 0.2) is 42.6 Å². The van der Waals surface area contributed by atoms with Crippen molar-refractivity contribution < 1.29 is 18.5 Å². The molecule has 3 aliphatic heterocycles. The molecule has 1 N–H and O–H groups in total. The van der Waals surface area contributed by atoms with E-state index in [-0.39, 0.29) is 16.8 Å². The molecule has 2 atom stereocenters. The number of nitrogens with zero attached hydrogens (tertiary/aromatic N) is 2. The minimum absolute atomic E-state index is 0.0290. The van der Waals surface area contributed by atoms with Gasteiger partial charge in [-0.3, -0.25) is 9.11 Å². The first kappa shape index (κ1) is 22.8. The van der Waals surface area contributed by atoms with E-state index in [0.717, 1.165) is 53.2 Å². The smallest absolute Gasteiger partial charge is 0.321 e. The molecule has 180 valence electrons. The molecule has 34 heavy (non-hydrogen) atoms. The van der Waals surface area contributed by atoms with Crippen molar-refractivity contribution in [2.45, 2.75) is 30.6 Å². The summed E-state index contributed by atoms with van der Waals surface area (Å²) in [6, 6.07) is 12.3. The number of nitrogens with one attached hydrogen (secondary N) is 1. The molecular weight excluding hydrogens is 450 g/mol. The number of rotatable bonds is 4. The van der Waals surface area contributed by atoms with E-state index in [0.29, 0.717) is 17.9 Å². The Balaban J connectivity index is 1.52. The predicted octanol–water partition coefficient (Wildman–Crippen LogP) is 3.39. The summed E-state index contributed by atoms with van der Waals surface area (Å²) >= 11 is 0. The van der Waals surface area contributed by atoms with Gasteiger partial charge < -0.3 is 19.7 Å². The fraction of sp³-hybridized carbons (Fsp3) is 0.423. The maximum absolute atomic E-state index is 12.7. The van der Waals surface area contributed by atoms with Crippen LogP contribution in [-0.2, 0) is 17.2 Å². The largest absolute Gasteiger partial charge is 0.493 e. The Morgan fingerprint density at radius 1 is 1.12 bits per heavy atom. The maximum Gasteiger partial charge on any atom is 0.321 e. The summed E-state index contributed by atoms with van der Waals surface area (Å²) in [6.07, 6.45) is 3.69. The van der Waals surface area contributed by atoms with Crippen molar-refractivity contribution in [2.75, 3.05) is 45.0 Å². The zero-order valence-corrected chi connectivity index (χ0v) is 20.9. The Bertz CT molecular complexity index is 1170. The zero-order valence-electron chi connectivity index (χ0n) is 20.1. The minimum atomic E-state index is -0.673. The summed E-state index contributed by atoms with van der Waals surface area (Å²) < 4.78 is 23.2. The fourth-order valence-electron chi connectivity index (χ4n) is 5.17. The summed E-state index contributed by atoms with van der Waals surface area (Å²) in [7, 11) is 4.24. The zero-order chi connectivity index (χ0) is 24.0. The van der Waals surface area contributed by atoms with Gasteiger partial charge in [-0.05, 0) is 60.7 Å². The van der Waals surface area contributed by atoms with E-state index in [1.54, 1.807) is 26.2 Å². The Hall–Kier alpha value is -3.00. The highest BCUT2D eigenvalue weighted by atomic mass is 32.2. The monoisotopic (exact) mass is 481 g/mol. The van der Waals surface area contributed by atoms with Gasteiger partial charge in [0.2, 0.25) is 0 Å². The van der Waals surface area contributed by atoms with E-state index in [4.69, 9.17) is 9.47 Å². The summed E-state index contributed by atoms with van der Waals surface area (Å²) in [5, 5.41) is 2.76. The quantitative estimate of drug-likeness (QED) is 0.725. The van der Waals surface area contributed by atoms with Gasteiger partial charge in [0, 0.05) is 60.2 Å². The molecule has 2 aromatic carbocycles. The molecule has 0 radical (unpaired) electrons. The number of amides is 2. The SMILES string of the molecule is CNC(=O)N1C=C(c2ccc(N3CC4(CCS4=O)C3)cc2)c2cc(OC)c(OC)cc2C[C@@H]1C. The molecule has 0 saturated carbocycles. The van der Waals surface area contributed by atoms with Gasteiger partial charge in [-0.1, -0.05) is 12.1 Å². The third-order valence-corrected chi connectivity index (χ3v) is 9.34. The third kappa shape index (κ3) is 3.64. The first-order valence-electron chi connectivity index (χ1n) is 11.6. The lowest BCUT2D eigenvalue weighted by Gasteiger charge is -2.55. The van der Waals surface area contributed by atoms with Crippen LogP contribution in [0.25, 0.3) is 5.57 Å². The summed E-state index contributed by atoms with van der Waals surface area (Å²) in [6.45, 7) is 3.77. The van der Waals surface area contributed by atoms with Gasteiger partial charge in [0.1, 0.15) is 0 Å². The Morgan fingerprint density at radius 3 is 2.35 bits per heavy atom. The van der Waals surface area contributed by atoms with Crippen LogP contribution in [0, 0.1) is 0 Å². The molecule has 8 heteroatoms. The van der Waals surface area contributed by atoms with E-state index in [9.17, 15) is 9.00 Å². The number of ether oxygens (including phenoxy) is 2. The van der Waals surface area contributed by atoms with Crippen molar-refractivity contribution in [3.63, 3.8) is 0 Å². The topological polar surface area (TPSA) is 71.1 Å². The highest BCUT2D eigenvalue weighted by Crippen LogP contribution is 2.42. The predicted molar refractivity (Wildman–Crippen MR) is 135 cm³/mol. The Kier molecular flexibility index (Phi) is 5.80. The molecular formula is C26H31N3O4S. The first-order chi connectivity index (χ1) is 16.4. The Morgan fingerprint density at radius 2 is 1.79 bits per heavy atom. The van der Waals surface area contributed by atoms with Gasteiger partial charge in [0.25, 0.3) is 0 Å². The second-order valence-corrected chi connectivity index (χ2v) is 11.3. The highest BCUT2D eigenvalue weighted by Gasteiger charge is 2.53. The van der Waals surface area contributed by atoms with Crippen LogP contribution in [0.5, 0.6) is 11.5 Å². The number of benzene rings is 2. The lowest BCUT2D eigenvalue weighted by Crippen LogP contribution is -2.69. The molecule has 3 heterocycles. The molecule has 3 aliphatic rings. The van der Waals surface area contributed by atoms with Crippen molar-refractivity contribution in [1.29, 1.82) is 0 Å². The number of carbonyl (C=O) groups is 1. The van der Waals surface area contributed by atoms with Gasteiger partial charge in [-0.15, -0.1) is 0 Å². The van der Waals surface area contributed by atoms with Crippen LogP contribution in [0.1, 0.15) is 30.0 Å². The average Bonchev–Trinajstić information content (AvgIpc) is 2.96. The lowest BCUT2D eigenvalue weighted by molar-refractivity contribution is 0.205. The second kappa shape index (κ2) is 8.65. The second-order valence-electron chi connectivity index (χ2n) is 9.31. The molecule has 0 bridgehead atoms. The molecule has 2 saturated heterocycles. The molecule has 2 aromatic rings. The molecule has 1 spiro atoms. The number of fused-ring (bicyclic) bond motifs is 1. The van der Waals surface area contributed by atoms with Crippen LogP contribution in [0.2, 0.25) is 0 Å². The van der Waals surface area contributed by atoms with Gasteiger partial charge in [-0.25, -0.2) is 4.79 Å². The molecule has 2 fully saturated rings. The molecule has 0 aliphatic carbocycles. The summed E-state index contributed by atoms with van der Waals surface area (Å²) in [4.78, 5) is 16.8. The van der Waals surface area contributed by atoms with Gasteiger partial charge in [-0.2, -0.15) is 0 Å². The number of hydrogen-bond donors (Lipinski definition) is 1. The molecule has 2 amide bonds. The van der Waals surface area contributed by atoms with E-state index in [1.165, 1.54) is 0 Å². The number of carbonyl (C=O) groups excluding carboxylic acids is 1. The van der Waals surface area contributed by atoms with E-state index in [2.05, 4.69) is 34.5 Å². The van der Waals surface area contributed by atoms with E-state index in [1.807, 2.05) is 25.3 Å². The van der Waals surface area contributed by atoms with Crippen LogP contribution < -0.4 is 19.7 Å². The van der Waals surface area contributed by atoms with E-state index >= 15 is 0 Å². The van der Waals surface area contributed by atoms with Crippen molar-refractivity contribution in [3.05, 3.63) is 59.3 Å². The van der Waals surface area contributed by atoms with Crippen LogP contribution in [-0.4, -0.2) is 66.0 Å². The van der Waals surface area contributed by atoms with Crippen molar-refractivity contribution in [1.82, 2.24) is 10.2 Å². The van der Waals surface area contributed by atoms with Crippen molar-refractivity contribution in [3.8, 4) is 11.5 Å². The normalized spacial score (nSPS) is 22.6. The third-order valence-electron chi connectivity index (χ3n) is 7.33. The minimum Gasteiger partial charge on any atom is -0.493 e. The lowest BCUT2D eigenvalue weighted by atomic mass is 9.91. The first-order valence-corrected chi connectivity index (χ1v) is 12.9. The van der Waals surface area contributed by atoms with Crippen LogP contribution in [0.4, 0.5) is 10.5 Å². The van der Waals surface area contributed by atoms with Gasteiger partial charge in [0.15, 0.2) is 11.5 Å². The standard InChI is InChI=1S/C26H31N3O4S/c1-17-11-19-12-23(32-3)24(33-4)13-21(19)22(14-29(17)25(30)27-2)18-5-7-20(8-6-18)28-15-26(16-28)9-10-34(26)31/h5-8,12-14,17H,9-11,15-16H2,1-4H3,(H,27,30)/t17-,34?/m0/s1. The molecule has 5 rings (SSSR count). The Labute approximate surface area is 203 Å². The van der Waals surface area contributed by atoms with Gasteiger partial charge >= 0.3 is 6.03 Å².